The van der Waals surface area contributed by atoms with Crippen molar-refractivity contribution >= 4 is 29.2 Å². The van der Waals surface area contributed by atoms with Crippen LogP contribution >= 0.6 is 11.3 Å². The molecule has 6 nitrogen and oxygen atoms in total. The summed E-state index contributed by atoms with van der Waals surface area (Å²) in [7, 11) is 1.63. The molecule has 0 fully saturated rings. The third kappa shape index (κ3) is 3.48. The number of aromatic nitrogens is 1. The smallest absolute Gasteiger partial charge is 0.270 e. The van der Waals surface area contributed by atoms with Crippen molar-refractivity contribution in [3.8, 4) is 22.1 Å². The Morgan fingerprint density at radius 2 is 1.82 bits per heavy atom. The van der Waals surface area contributed by atoms with E-state index in [9.17, 15) is 9.59 Å². The molecule has 28 heavy (non-hydrogen) atoms. The number of anilines is 1. The van der Waals surface area contributed by atoms with Gasteiger partial charge in [0.25, 0.3) is 5.91 Å². The molecule has 1 aromatic heterocycles. The van der Waals surface area contributed by atoms with Crippen molar-refractivity contribution in [3.05, 3.63) is 59.1 Å². The Hall–Kier alpha value is -3.19. The van der Waals surface area contributed by atoms with Gasteiger partial charge in [0, 0.05) is 24.2 Å². The molecule has 1 aliphatic rings. The van der Waals surface area contributed by atoms with Crippen molar-refractivity contribution in [1.82, 2.24) is 4.98 Å². The molecule has 0 atom stereocenters. The fraction of sp³-hybridized carbons (Fsp3) is 0.190. The minimum absolute atomic E-state index is 0.0142. The van der Waals surface area contributed by atoms with Gasteiger partial charge >= 0.3 is 0 Å². The fourth-order valence-electron chi connectivity index (χ4n) is 3.09. The maximum Gasteiger partial charge on any atom is 0.270 e. The molecule has 0 N–H and O–H groups in total. The monoisotopic (exact) mass is 394 g/mol. The van der Waals surface area contributed by atoms with Crippen LogP contribution in [0.3, 0.4) is 0 Å². The minimum Gasteiger partial charge on any atom is -0.497 e. The van der Waals surface area contributed by atoms with E-state index in [1.54, 1.807) is 24.1 Å². The van der Waals surface area contributed by atoms with Crippen molar-refractivity contribution in [2.45, 2.75) is 6.42 Å². The molecule has 0 spiro atoms. The number of carbonyl (C=O) groups is 2. The Morgan fingerprint density at radius 1 is 1.11 bits per heavy atom. The van der Waals surface area contributed by atoms with Gasteiger partial charge in [-0.1, -0.05) is 0 Å². The van der Waals surface area contributed by atoms with E-state index in [0.29, 0.717) is 29.9 Å². The first-order valence-electron chi connectivity index (χ1n) is 8.82. The lowest BCUT2D eigenvalue weighted by Crippen LogP contribution is -2.36. The molecule has 0 radical (unpaired) electrons. The van der Waals surface area contributed by atoms with Crippen LogP contribution in [0.4, 0.5) is 5.69 Å². The van der Waals surface area contributed by atoms with E-state index in [1.807, 2.05) is 36.4 Å². The lowest BCUT2D eigenvalue weighted by molar-refractivity contribution is -0.109. The van der Waals surface area contributed by atoms with E-state index in [4.69, 9.17) is 9.47 Å². The van der Waals surface area contributed by atoms with E-state index in [2.05, 4.69) is 4.98 Å². The van der Waals surface area contributed by atoms with Crippen molar-refractivity contribution in [2.75, 3.05) is 25.2 Å². The number of aldehydes is 1. The van der Waals surface area contributed by atoms with Gasteiger partial charge in [0.15, 0.2) is 6.29 Å². The number of methoxy groups -OCH3 is 1. The molecule has 2 heterocycles. The van der Waals surface area contributed by atoms with Crippen LogP contribution in [0, 0.1) is 0 Å². The largest absolute Gasteiger partial charge is 0.497 e. The molecule has 0 unspecified atom stereocenters. The molecular formula is C21H18N2O4S. The number of hydrogen-bond donors (Lipinski definition) is 0. The number of fused-ring (bicyclic) bond motifs is 1. The summed E-state index contributed by atoms with van der Waals surface area (Å²) in [5.74, 6) is 1.34. The maximum absolute atomic E-state index is 13.0. The van der Waals surface area contributed by atoms with E-state index in [1.165, 1.54) is 11.3 Å². The van der Waals surface area contributed by atoms with Gasteiger partial charge in [-0.2, -0.15) is 0 Å². The number of benzene rings is 2. The molecule has 1 aliphatic heterocycles. The molecule has 3 aromatic rings. The number of thiazole rings is 1. The number of nitrogens with zero attached hydrogens (tertiary/aromatic N) is 2. The highest BCUT2D eigenvalue weighted by atomic mass is 32.1. The summed E-state index contributed by atoms with van der Waals surface area (Å²) in [6.45, 7) is 0.590. The summed E-state index contributed by atoms with van der Waals surface area (Å²) < 4.78 is 10.5. The molecule has 7 heteroatoms. The average Bonchev–Trinajstić information content (AvgIpc) is 3.18. The van der Waals surface area contributed by atoms with Crippen LogP contribution in [-0.2, 0) is 11.2 Å². The third-order valence-electron chi connectivity index (χ3n) is 4.51. The quantitative estimate of drug-likeness (QED) is 0.598. The molecule has 142 valence electrons. The van der Waals surface area contributed by atoms with Gasteiger partial charge in [0.1, 0.15) is 28.0 Å². The second kappa shape index (κ2) is 7.82. The zero-order valence-electron chi connectivity index (χ0n) is 15.3. The van der Waals surface area contributed by atoms with Gasteiger partial charge in [-0.25, -0.2) is 4.98 Å². The normalized spacial score (nSPS) is 13.2. The highest BCUT2D eigenvalue weighted by Crippen LogP contribution is 2.34. The summed E-state index contributed by atoms with van der Waals surface area (Å²) in [4.78, 5) is 30.5. The summed E-state index contributed by atoms with van der Waals surface area (Å²) in [5.41, 5.74) is 2.62. The van der Waals surface area contributed by atoms with Gasteiger partial charge in [-0.3, -0.25) is 9.59 Å². The Morgan fingerprint density at radius 3 is 2.50 bits per heavy atom. The highest BCUT2D eigenvalue weighted by Gasteiger charge is 2.29. The second-order valence-corrected chi connectivity index (χ2v) is 7.20. The average molecular weight is 394 g/mol. The molecular weight excluding hydrogens is 376 g/mol. The van der Waals surface area contributed by atoms with Gasteiger partial charge in [0.05, 0.1) is 12.8 Å². The minimum atomic E-state index is -0.0416. The first-order chi connectivity index (χ1) is 13.7. The van der Waals surface area contributed by atoms with E-state index >= 15 is 0 Å². The number of ether oxygens (including phenoxy) is 2. The van der Waals surface area contributed by atoms with Crippen LogP contribution in [0.1, 0.15) is 15.4 Å². The molecule has 1 amide bonds. The third-order valence-corrected chi connectivity index (χ3v) is 5.65. The van der Waals surface area contributed by atoms with Crippen LogP contribution in [0.2, 0.25) is 0 Å². The van der Waals surface area contributed by atoms with Gasteiger partial charge in [0.2, 0.25) is 0 Å². The first kappa shape index (κ1) is 18.2. The fourth-order valence-corrected chi connectivity index (χ4v) is 4.15. The molecule has 0 aliphatic carbocycles. The van der Waals surface area contributed by atoms with Crippen molar-refractivity contribution in [3.63, 3.8) is 0 Å². The number of carbonyl (C=O) groups excluding carboxylic acids is 2. The number of hydrogen-bond acceptors (Lipinski definition) is 6. The van der Waals surface area contributed by atoms with Gasteiger partial charge in [-0.15, -0.1) is 11.3 Å². The number of rotatable bonds is 6. The Kier molecular flexibility index (Phi) is 5.08. The van der Waals surface area contributed by atoms with Crippen LogP contribution in [0.15, 0.2) is 48.5 Å². The molecule has 0 saturated carbocycles. The van der Waals surface area contributed by atoms with Crippen LogP contribution in [0.25, 0.3) is 10.6 Å². The van der Waals surface area contributed by atoms with E-state index in [0.717, 1.165) is 27.7 Å². The molecule has 2 aromatic carbocycles. The van der Waals surface area contributed by atoms with Crippen LogP contribution in [0.5, 0.6) is 11.5 Å². The lowest BCUT2D eigenvalue weighted by atomic mass is 10.1. The van der Waals surface area contributed by atoms with Crippen molar-refractivity contribution in [1.29, 1.82) is 0 Å². The first-order valence-corrected chi connectivity index (χ1v) is 9.63. The predicted octanol–water partition coefficient (Wildman–Crippen LogP) is 3.60. The van der Waals surface area contributed by atoms with Crippen LogP contribution in [-0.4, -0.2) is 37.4 Å². The van der Waals surface area contributed by atoms with Gasteiger partial charge < -0.3 is 14.4 Å². The second-order valence-electron chi connectivity index (χ2n) is 6.20. The SMILES string of the molecule is COc1ccc(-c2nc3c(s2)C(=O)N(c2ccc(OCC=O)cc2)CC3)cc1. The maximum atomic E-state index is 13.0. The molecule has 4 rings (SSSR count). The zero-order valence-corrected chi connectivity index (χ0v) is 16.1. The van der Waals surface area contributed by atoms with Crippen LogP contribution < -0.4 is 14.4 Å². The predicted molar refractivity (Wildman–Crippen MR) is 107 cm³/mol. The number of amides is 1. The topological polar surface area (TPSA) is 68.7 Å². The van der Waals surface area contributed by atoms with E-state index < -0.39 is 0 Å². The van der Waals surface area contributed by atoms with Gasteiger partial charge in [-0.05, 0) is 48.5 Å². The summed E-state index contributed by atoms with van der Waals surface area (Å²) >= 11 is 1.42. The summed E-state index contributed by atoms with van der Waals surface area (Å²) in [6, 6.07) is 14.8. The Bertz CT molecular complexity index is 996. The Labute approximate surface area is 166 Å². The van der Waals surface area contributed by atoms with Crippen molar-refractivity contribution in [2.24, 2.45) is 0 Å². The summed E-state index contributed by atoms with van der Waals surface area (Å²) in [5, 5.41) is 0.834. The zero-order chi connectivity index (χ0) is 19.5. The molecule has 0 bridgehead atoms. The molecule has 0 saturated heterocycles. The summed E-state index contributed by atoms with van der Waals surface area (Å²) in [6.07, 6.45) is 1.41. The highest BCUT2D eigenvalue weighted by molar-refractivity contribution is 7.17. The van der Waals surface area contributed by atoms with Crippen molar-refractivity contribution < 1.29 is 19.1 Å². The Balaban J connectivity index is 1.56. The lowest BCUT2D eigenvalue weighted by Gasteiger charge is -2.26. The standard InChI is InChI=1S/C21H18N2O4S/c1-26-16-6-2-14(3-7-16)20-22-18-10-11-23(21(25)19(18)28-20)15-4-8-17(9-5-15)27-13-12-24/h2-9,12H,10-11,13H2,1H3. The van der Waals surface area contributed by atoms with E-state index in [-0.39, 0.29) is 12.5 Å².